The van der Waals surface area contributed by atoms with Gasteiger partial charge in [0.15, 0.2) is 0 Å². The van der Waals surface area contributed by atoms with E-state index in [-0.39, 0.29) is 5.75 Å². The summed E-state index contributed by atoms with van der Waals surface area (Å²) in [5, 5.41) is 1.23. The molecule has 2 nitrogen and oxygen atoms in total. The molecule has 0 aliphatic rings. The summed E-state index contributed by atoms with van der Waals surface area (Å²) < 4.78 is 44.3. The summed E-state index contributed by atoms with van der Waals surface area (Å²) in [6.07, 6.45) is -2.77. The van der Waals surface area contributed by atoms with Crippen LogP contribution < -0.4 is 4.74 Å². The van der Waals surface area contributed by atoms with Crippen molar-refractivity contribution in [1.82, 2.24) is 4.98 Å². The summed E-state index contributed by atoms with van der Waals surface area (Å²) in [5.41, 5.74) is 0.332. The first-order valence-electron chi connectivity index (χ1n) is 6.65. The molecule has 0 aliphatic heterocycles. The van der Waals surface area contributed by atoms with E-state index in [1.165, 1.54) is 0 Å². The van der Waals surface area contributed by atoms with Gasteiger partial charge in [-0.3, -0.25) is 0 Å². The van der Waals surface area contributed by atoms with Crippen molar-refractivity contribution in [2.45, 2.75) is 31.3 Å². The predicted octanol–water partition coefficient (Wildman–Crippen LogP) is 5.33. The van der Waals surface area contributed by atoms with Crippen LogP contribution in [0.4, 0.5) is 13.2 Å². The molecule has 6 heteroatoms. The topological polar surface area (TPSA) is 22.1 Å². The molecule has 0 spiro atoms. The third kappa shape index (κ3) is 3.87. The Kier molecular flexibility index (Phi) is 5.08. The van der Waals surface area contributed by atoms with E-state index in [0.717, 1.165) is 24.5 Å². The fraction of sp³-hybridized carbons (Fsp3) is 0.400. The fourth-order valence-corrected chi connectivity index (χ4v) is 2.27. The van der Waals surface area contributed by atoms with Crippen molar-refractivity contribution in [3.63, 3.8) is 0 Å². The highest BCUT2D eigenvalue weighted by Crippen LogP contribution is 2.34. The molecule has 1 aromatic heterocycles. The Balaban J connectivity index is 2.52. The minimum Gasteiger partial charge on any atom is -0.493 e. The van der Waals surface area contributed by atoms with E-state index in [1.807, 2.05) is 6.92 Å². The first-order valence-corrected chi connectivity index (χ1v) is 7.77. The molecule has 0 fully saturated rings. The van der Waals surface area contributed by atoms with E-state index >= 15 is 0 Å². The zero-order valence-corrected chi connectivity index (χ0v) is 13.1. The second-order valence-electron chi connectivity index (χ2n) is 4.69. The van der Waals surface area contributed by atoms with Gasteiger partial charge < -0.3 is 4.74 Å². The standard InChI is InChI=1S/C15H15BrF3NO/c1-2-3-6-21-13-8-14(15(17,18)19)20-12-5-4-10(9-16)7-11(12)13/h4-5,7-8H,2-3,6,9H2,1H3. The van der Waals surface area contributed by atoms with Gasteiger partial charge in [0.1, 0.15) is 11.4 Å². The largest absolute Gasteiger partial charge is 0.493 e. The number of hydrogen-bond donors (Lipinski definition) is 0. The van der Waals surface area contributed by atoms with Gasteiger partial charge in [-0.05, 0) is 24.1 Å². The molecule has 1 heterocycles. The number of aromatic nitrogens is 1. The number of halogens is 4. The first kappa shape index (κ1) is 16.1. The molecule has 0 amide bonds. The number of ether oxygens (including phenoxy) is 1. The Morgan fingerprint density at radius 2 is 2.00 bits per heavy atom. The molecule has 0 saturated heterocycles. The Morgan fingerprint density at radius 1 is 1.24 bits per heavy atom. The van der Waals surface area contributed by atoms with Gasteiger partial charge in [-0.1, -0.05) is 35.3 Å². The van der Waals surface area contributed by atoms with Crippen LogP contribution in [0.1, 0.15) is 31.0 Å². The number of hydrogen-bond acceptors (Lipinski definition) is 2. The summed E-state index contributed by atoms with van der Waals surface area (Å²) >= 11 is 3.34. The molecular weight excluding hydrogens is 347 g/mol. The maximum atomic E-state index is 12.9. The fourth-order valence-electron chi connectivity index (χ4n) is 1.92. The molecule has 0 atom stereocenters. The maximum Gasteiger partial charge on any atom is 0.433 e. The molecule has 0 bridgehead atoms. The Hall–Kier alpha value is -1.30. The lowest BCUT2D eigenvalue weighted by Gasteiger charge is -2.13. The number of benzene rings is 1. The summed E-state index contributed by atoms with van der Waals surface area (Å²) in [4.78, 5) is 3.69. The smallest absolute Gasteiger partial charge is 0.433 e. The van der Waals surface area contributed by atoms with Gasteiger partial charge in [0.05, 0.1) is 12.1 Å². The van der Waals surface area contributed by atoms with Gasteiger partial charge in [-0.25, -0.2) is 4.98 Å². The molecule has 1 aromatic carbocycles. The Morgan fingerprint density at radius 3 is 2.62 bits per heavy atom. The highest BCUT2D eigenvalue weighted by Gasteiger charge is 2.33. The number of rotatable bonds is 5. The average Bonchev–Trinajstić information content (AvgIpc) is 2.45. The molecule has 0 radical (unpaired) electrons. The van der Waals surface area contributed by atoms with Crippen LogP contribution in [0.25, 0.3) is 10.9 Å². The highest BCUT2D eigenvalue weighted by atomic mass is 79.9. The van der Waals surface area contributed by atoms with Crippen molar-refractivity contribution in [1.29, 1.82) is 0 Å². The van der Waals surface area contributed by atoms with Gasteiger partial charge in [0.2, 0.25) is 0 Å². The van der Waals surface area contributed by atoms with E-state index in [0.29, 0.717) is 22.8 Å². The molecule has 0 N–H and O–H groups in total. The second kappa shape index (κ2) is 6.64. The van der Waals surface area contributed by atoms with Crippen molar-refractivity contribution < 1.29 is 17.9 Å². The van der Waals surface area contributed by atoms with Crippen LogP contribution in [0.3, 0.4) is 0 Å². The number of alkyl halides is 4. The van der Waals surface area contributed by atoms with Crippen molar-refractivity contribution in [3.05, 3.63) is 35.5 Å². The van der Waals surface area contributed by atoms with E-state index in [4.69, 9.17) is 4.74 Å². The second-order valence-corrected chi connectivity index (χ2v) is 5.25. The van der Waals surface area contributed by atoms with Crippen molar-refractivity contribution in [2.24, 2.45) is 0 Å². The van der Waals surface area contributed by atoms with E-state index in [9.17, 15) is 13.2 Å². The van der Waals surface area contributed by atoms with Gasteiger partial charge in [-0.2, -0.15) is 13.2 Å². The van der Waals surface area contributed by atoms with Crippen LogP contribution >= 0.6 is 15.9 Å². The number of nitrogens with zero attached hydrogens (tertiary/aromatic N) is 1. The summed E-state index contributed by atoms with van der Waals surface area (Å²) in [6.45, 7) is 2.39. The summed E-state index contributed by atoms with van der Waals surface area (Å²) in [7, 11) is 0. The average molecular weight is 362 g/mol. The van der Waals surface area contributed by atoms with Crippen LogP contribution in [-0.2, 0) is 11.5 Å². The summed E-state index contributed by atoms with van der Waals surface area (Å²) in [5.74, 6) is 0.239. The maximum absolute atomic E-state index is 12.9. The Bertz CT molecular complexity index is 628. The summed E-state index contributed by atoms with van der Waals surface area (Å²) in [6, 6.07) is 6.13. The van der Waals surface area contributed by atoms with E-state index in [2.05, 4.69) is 20.9 Å². The molecule has 114 valence electrons. The number of pyridine rings is 1. The van der Waals surface area contributed by atoms with E-state index < -0.39 is 11.9 Å². The Labute approximate surface area is 129 Å². The van der Waals surface area contributed by atoms with Crippen molar-refractivity contribution in [3.8, 4) is 5.75 Å². The van der Waals surface area contributed by atoms with Crippen LogP contribution in [0, 0.1) is 0 Å². The highest BCUT2D eigenvalue weighted by molar-refractivity contribution is 9.08. The molecule has 0 unspecified atom stereocenters. The normalized spacial score (nSPS) is 11.9. The zero-order valence-electron chi connectivity index (χ0n) is 11.5. The van der Waals surface area contributed by atoms with E-state index in [1.54, 1.807) is 18.2 Å². The first-order chi connectivity index (χ1) is 9.95. The molecule has 0 saturated carbocycles. The molecule has 0 aliphatic carbocycles. The minimum absolute atomic E-state index is 0.239. The third-order valence-electron chi connectivity index (χ3n) is 3.04. The zero-order chi connectivity index (χ0) is 15.5. The van der Waals surface area contributed by atoms with Crippen molar-refractivity contribution >= 4 is 26.8 Å². The van der Waals surface area contributed by atoms with Gasteiger partial charge >= 0.3 is 6.18 Å². The number of unbranched alkanes of at least 4 members (excludes halogenated alkanes) is 1. The number of fused-ring (bicyclic) bond motifs is 1. The minimum atomic E-state index is -4.48. The SMILES string of the molecule is CCCCOc1cc(C(F)(F)F)nc2ccc(CBr)cc12. The van der Waals surface area contributed by atoms with Crippen LogP contribution in [0.5, 0.6) is 5.75 Å². The van der Waals surface area contributed by atoms with Crippen LogP contribution in [-0.4, -0.2) is 11.6 Å². The van der Waals surface area contributed by atoms with Crippen molar-refractivity contribution in [2.75, 3.05) is 6.61 Å². The lowest BCUT2D eigenvalue weighted by atomic mass is 10.1. The van der Waals surface area contributed by atoms with Crippen LogP contribution in [0.2, 0.25) is 0 Å². The molecule has 21 heavy (non-hydrogen) atoms. The third-order valence-corrected chi connectivity index (χ3v) is 3.68. The van der Waals surface area contributed by atoms with Gasteiger partial charge in [0, 0.05) is 16.8 Å². The predicted molar refractivity (Wildman–Crippen MR) is 79.8 cm³/mol. The molecular formula is C15H15BrF3NO. The molecule has 2 aromatic rings. The van der Waals surface area contributed by atoms with Gasteiger partial charge in [-0.15, -0.1) is 0 Å². The lowest BCUT2D eigenvalue weighted by molar-refractivity contribution is -0.141. The lowest BCUT2D eigenvalue weighted by Crippen LogP contribution is -2.09. The molecule has 2 rings (SSSR count). The monoisotopic (exact) mass is 361 g/mol. The quantitative estimate of drug-likeness (QED) is 0.530. The van der Waals surface area contributed by atoms with Gasteiger partial charge in [0.25, 0.3) is 0 Å². The van der Waals surface area contributed by atoms with Crippen LogP contribution in [0.15, 0.2) is 24.3 Å².